The fourth-order valence-corrected chi connectivity index (χ4v) is 4.24. The second-order valence-corrected chi connectivity index (χ2v) is 8.00. The molecule has 1 fully saturated rings. The summed E-state index contributed by atoms with van der Waals surface area (Å²) >= 11 is 2.91. The summed E-state index contributed by atoms with van der Waals surface area (Å²) in [6.45, 7) is 9.59. The van der Waals surface area contributed by atoms with Gasteiger partial charge in [-0.05, 0) is 78.9 Å². The van der Waals surface area contributed by atoms with Gasteiger partial charge < -0.3 is 14.2 Å². The van der Waals surface area contributed by atoms with Gasteiger partial charge >= 0.3 is 5.97 Å². The normalized spacial score (nSPS) is 16.1. The maximum absolute atomic E-state index is 12.7. The Balaban J connectivity index is 2.34. The van der Waals surface area contributed by atoms with Crippen LogP contribution >= 0.6 is 34.4 Å². The van der Waals surface area contributed by atoms with Crippen LogP contribution in [0.3, 0.4) is 0 Å². The Morgan fingerprint density at radius 2 is 2.00 bits per heavy atom. The van der Waals surface area contributed by atoms with Crippen LogP contribution in [0.2, 0.25) is 0 Å². The SMILES string of the molecule is C=CCOc1c(I)cc(/C=C2/SC(=O)N([C@@H](C)C(=O)OCC)C2=O)cc1OCC. The first-order valence-electron chi connectivity index (χ1n) is 8.97. The van der Waals surface area contributed by atoms with E-state index in [-0.39, 0.29) is 11.5 Å². The minimum atomic E-state index is -0.984. The van der Waals surface area contributed by atoms with Crippen molar-refractivity contribution in [3.8, 4) is 11.5 Å². The molecule has 1 heterocycles. The van der Waals surface area contributed by atoms with Gasteiger partial charge in [0.25, 0.3) is 11.1 Å². The standard InChI is InChI=1S/C20H22INO6S/c1-5-8-28-17-14(21)9-13(10-15(17)26-6-2)11-16-18(23)22(20(25)29-16)12(4)19(24)27-7-3/h5,9-12H,1,6-8H2,2-4H3/b16-11+/t12-/m0/s1. The Hall–Kier alpha value is -2.01. The summed E-state index contributed by atoms with van der Waals surface area (Å²) in [6, 6.07) is 2.58. The van der Waals surface area contributed by atoms with Gasteiger partial charge in [-0.15, -0.1) is 0 Å². The molecule has 0 unspecified atom stereocenters. The van der Waals surface area contributed by atoms with Gasteiger partial charge in [0.2, 0.25) is 0 Å². The Bertz CT molecular complexity index is 854. The third-order valence-electron chi connectivity index (χ3n) is 3.81. The maximum atomic E-state index is 12.7. The van der Waals surface area contributed by atoms with Crippen LogP contribution in [0, 0.1) is 3.57 Å². The summed E-state index contributed by atoms with van der Waals surface area (Å²) < 4.78 is 17.0. The van der Waals surface area contributed by atoms with Gasteiger partial charge in [0.05, 0.1) is 21.7 Å². The molecule has 7 nitrogen and oxygen atoms in total. The maximum Gasteiger partial charge on any atom is 0.329 e. The average molecular weight is 531 g/mol. The summed E-state index contributed by atoms with van der Waals surface area (Å²) in [4.78, 5) is 38.1. The monoisotopic (exact) mass is 531 g/mol. The predicted octanol–water partition coefficient (Wildman–Crippen LogP) is 4.24. The minimum Gasteiger partial charge on any atom is -0.490 e. The largest absolute Gasteiger partial charge is 0.490 e. The van der Waals surface area contributed by atoms with Crippen LogP contribution in [0.5, 0.6) is 11.5 Å². The molecule has 0 bridgehead atoms. The molecule has 0 radical (unpaired) electrons. The van der Waals surface area contributed by atoms with E-state index in [0.717, 1.165) is 20.2 Å². The third kappa shape index (κ3) is 5.53. The molecule has 2 rings (SSSR count). The smallest absolute Gasteiger partial charge is 0.329 e. The predicted molar refractivity (Wildman–Crippen MR) is 120 cm³/mol. The van der Waals surface area contributed by atoms with Crippen LogP contribution < -0.4 is 9.47 Å². The summed E-state index contributed by atoms with van der Waals surface area (Å²) in [6.07, 6.45) is 3.24. The molecule has 29 heavy (non-hydrogen) atoms. The molecule has 1 atom stereocenters. The van der Waals surface area contributed by atoms with E-state index in [4.69, 9.17) is 14.2 Å². The number of hydrogen-bond donors (Lipinski definition) is 0. The first-order chi connectivity index (χ1) is 13.8. The second-order valence-electron chi connectivity index (χ2n) is 5.84. The van der Waals surface area contributed by atoms with E-state index in [1.807, 2.05) is 13.0 Å². The Kier molecular flexibility index (Phi) is 8.57. The lowest BCUT2D eigenvalue weighted by atomic mass is 10.1. The number of benzene rings is 1. The van der Waals surface area contributed by atoms with Crippen molar-refractivity contribution in [2.75, 3.05) is 19.8 Å². The highest BCUT2D eigenvalue weighted by Crippen LogP contribution is 2.38. The molecule has 1 aromatic rings. The summed E-state index contributed by atoms with van der Waals surface area (Å²) in [5.41, 5.74) is 0.679. The fraction of sp³-hybridized carbons (Fsp3) is 0.350. The number of carbonyl (C=O) groups is 3. The molecule has 0 aromatic heterocycles. The van der Waals surface area contributed by atoms with E-state index in [0.29, 0.717) is 30.3 Å². The topological polar surface area (TPSA) is 82.1 Å². The van der Waals surface area contributed by atoms with E-state index < -0.39 is 23.2 Å². The number of nitrogens with zero attached hydrogens (tertiary/aromatic N) is 1. The van der Waals surface area contributed by atoms with Crippen molar-refractivity contribution in [1.29, 1.82) is 0 Å². The molecule has 0 aliphatic carbocycles. The molecule has 1 aromatic carbocycles. The lowest BCUT2D eigenvalue weighted by Gasteiger charge is -2.19. The van der Waals surface area contributed by atoms with E-state index in [1.54, 1.807) is 25.1 Å². The van der Waals surface area contributed by atoms with Crippen molar-refractivity contribution in [2.45, 2.75) is 26.8 Å². The molecule has 1 aliphatic rings. The van der Waals surface area contributed by atoms with Crippen LogP contribution in [-0.4, -0.2) is 47.9 Å². The number of halogens is 1. The Labute approximate surface area is 187 Å². The van der Waals surface area contributed by atoms with Gasteiger partial charge in [-0.2, -0.15) is 0 Å². The highest BCUT2D eigenvalue weighted by molar-refractivity contribution is 14.1. The van der Waals surface area contributed by atoms with Crippen LogP contribution in [0.25, 0.3) is 6.08 Å². The molecule has 0 saturated carbocycles. The molecule has 2 amide bonds. The third-order valence-corrected chi connectivity index (χ3v) is 5.50. The first-order valence-corrected chi connectivity index (χ1v) is 10.9. The first kappa shape index (κ1) is 23.3. The zero-order chi connectivity index (χ0) is 21.6. The molecule has 0 spiro atoms. The quantitative estimate of drug-likeness (QED) is 0.204. The molecule has 0 N–H and O–H groups in total. The van der Waals surface area contributed by atoms with E-state index >= 15 is 0 Å². The number of ether oxygens (including phenoxy) is 3. The molecule has 156 valence electrons. The van der Waals surface area contributed by atoms with Crippen molar-refractivity contribution in [2.24, 2.45) is 0 Å². The zero-order valence-corrected chi connectivity index (χ0v) is 19.4. The molecular weight excluding hydrogens is 509 g/mol. The minimum absolute atomic E-state index is 0.175. The summed E-state index contributed by atoms with van der Waals surface area (Å²) in [5, 5.41) is -0.507. The van der Waals surface area contributed by atoms with Crippen molar-refractivity contribution >= 4 is 57.5 Å². The van der Waals surface area contributed by atoms with Crippen LogP contribution in [0.1, 0.15) is 26.3 Å². The van der Waals surface area contributed by atoms with Crippen molar-refractivity contribution in [3.05, 3.63) is 38.8 Å². The van der Waals surface area contributed by atoms with Crippen LogP contribution in [-0.2, 0) is 14.3 Å². The highest BCUT2D eigenvalue weighted by Gasteiger charge is 2.41. The van der Waals surface area contributed by atoms with Gasteiger partial charge in [-0.3, -0.25) is 14.5 Å². The molecule has 9 heteroatoms. The van der Waals surface area contributed by atoms with Crippen LogP contribution in [0.15, 0.2) is 29.7 Å². The second kappa shape index (κ2) is 10.7. The van der Waals surface area contributed by atoms with Gasteiger partial charge in [0, 0.05) is 0 Å². The Morgan fingerprint density at radius 3 is 2.62 bits per heavy atom. The summed E-state index contributed by atoms with van der Waals surface area (Å²) in [5.74, 6) is -0.0198. The fourth-order valence-electron chi connectivity index (χ4n) is 2.55. The number of carbonyl (C=O) groups excluding carboxylic acids is 3. The number of amides is 2. The van der Waals surface area contributed by atoms with Crippen molar-refractivity contribution in [1.82, 2.24) is 4.90 Å². The molecule has 1 aliphatic heterocycles. The number of rotatable bonds is 9. The van der Waals surface area contributed by atoms with Gasteiger partial charge in [0.1, 0.15) is 12.6 Å². The molecule has 1 saturated heterocycles. The van der Waals surface area contributed by atoms with E-state index in [1.165, 1.54) is 6.92 Å². The Morgan fingerprint density at radius 1 is 1.28 bits per heavy atom. The molecular formula is C20H22INO6S. The summed E-state index contributed by atoms with van der Waals surface area (Å²) in [7, 11) is 0. The zero-order valence-electron chi connectivity index (χ0n) is 16.4. The number of imide groups is 1. The van der Waals surface area contributed by atoms with Crippen molar-refractivity contribution < 1.29 is 28.6 Å². The van der Waals surface area contributed by atoms with E-state index in [9.17, 15) is 14.4 Å². The van der Waals surface area contributed by atoms with E-state index in [2.05, 4.69) is 29.2 Å². The van der Waals surface area contributed by atoms with Gasteiger partial charge in [0.15, 0.2) is 11.5 Å². The lowest BCUT2D eigenvalue weighted by Crippen LogP contribution is -2.42. The average Bonchev–Trinajstić information content (AvgIpc) is 2.94. The lowest BCUT2D eigenvalue weighted by molar-refractivity contribution is -0.150. The van der Waals surface area contributed by atoms with Crippen LogP contribution in [0.4, 0.5) is 4.79 Å². The number of thioether (sulfide) groups is 1. The number of hydrogen-bond acceptors (Lipinski definition) is 7. The number of esters is 1. The highest BCUT2D eigenvalue weighted by atomic mass is 127. The van der Waals surface area contributed by atoms with Gasteiger partial charge in [-0.1, -0.05) is 12.7 Å². The van der Waals surface area contributed by atoms with Gasteiger partial charge in [-0.25, -0.2) is 4.79 Å². The van der Waals surface area contributed by atoms with Crippen molar-refractivity contribution in [3.63, 3.8) is 0 Å².